The number of benzene rings is 2. The Morgan fingerprint density at radius 3 is 1.80 bits per heavy atom. The predicted molar refractivity (Wildman–Crippen MR) is 90.0 cm³/mol. The van der Waals surface area contributed by atoms with Crippen molar-refractivity contribution in [2.45, 2.75) is 17.2 Å². The minimum Gasteiger partial charge on any atom is -0.341 e. The number of thioether (sulfide) groups is 1. The summed E-state index contributed by atoms with van der Waals surface area (Å²) in [5, 5.41) is 2.87. The number of halogens is 7. The molecule has 0 amide bonds. The number of hydrogen-bond donors (Lipinski definition) is 1. The van der Waals surface area contributed by atoms with E-state index in [1.54, 1.807) is 24.3 Å². The van der Waals surface area contributed by atoms with Crippen LogP contribution in [0.4, 0.5) is 32.0 Å². The summed E-state index contributed by atoms with van der Waals surface area (Å²) >= 11 is 11.7. The molecule has 1 nitrogen and oxygen atoms in total. The van der Waals surface area contributed by atoms with Crippen molar-refractivity contribution in [2.24, 2.45) is 0 Å². The molecule has 0 aliphatic heterocycles. The number of thiocarbonyl (C=S) groups is 1. The Labute approximate surface area is 153 Å². The average Bonchev–Trinajstić information content (AvgIpc) is 2.47. The van der Waals surface area contributed by atoms with Crippen LogP contribution in [0.3, 0.4) is 0 Å². The van der Waals surface area contributed by atoms with Gasteiger partial charge in [-0.1, -0.05) is 35.6 Å². The van der Waals surface area contributed by atoms with E-state index in [0.29, 0.717) is 22.1 Å². The Morgan fingerprint density at radius 2 is 1.36 bits per heavy atom. The number of alkyl halides is 6. The quantitative estimate of drug-likeness (QED) is 0.326. The molecule has 2 aromatic rings. The van der Waals surface area contributed by atoms with Gasteiger partial charge in [-0.3, -0.25) is 0 Å². The van der Waals surface area contributed by atoms with Gasteiger partial charge in [-0.2, -0.15) is 26.3 Å². The molecule has 25 heavy (non-hydrogen) atoms. The van der Waals surface area contributed by atoms with Crippen molar-refractivity contribution in [3.05, 3.63) is 58.6 Å². The number of nitrogens with one attached hydrogen (secondary N) is 1. The van der Waals surface area contributed by atoms with Gasteiger partial charge in [0.15, 0.2) is 0 Å². The Bertz CT molecular complexity index is 739. The molecule has 0 unspecified atom stereocenters. The first-order valence-electron chi connectivity index (χ1n) is 6.49. The zero-order chi connectivity index (χ0) is 18.8. The second-order valence-corrected chi connectivity index (χ2v) is 6.95. The van der Waals surface area contributed by atoms with E-state index in [9.17, 15) is 26.3 Å². The van der Waals surface area contributed by atoms with Gasteiger partial charge >= 0.3 is 12.4 Å². The lowest BCUT2D eigenvalue weighted by atomic mass is 10.1. The van der Waals surface area contributed by atoms with E-state index in [0.717, 1.165) is 11.8 Å². The molecule has 134 valence electrons. The van der Waals surface area contributed by atoms with E-state index in [4.69, 9.17) is 23.8 Å². The van der Waals surface area contributed by atoms with Gasteiger partial charge in [-0.15, -0.1) is 0 Å². The third kappa shape index (κ3) is 5.79. The highest BCUT2D eigenvalue weighted by Gasteiger charge is 2.37. The van der Waals surface area contributed by atoms with Crippen LogP contribution in [-0.4, -0.2) is 4.32 Å². The van der Waals surface area contributed by atoms with Crippen molar-refractivity contribution < 1.29 is 26.3 Å². The van der Waals surface area contributed by atoms with Crippen molar-refractivity contribution in [3.63, 3.8) is 0 Å². The fourth-order valence-corrected chi connectivity index (χ4v) is 2.97. The second-order valence-electron chi connectivity index (χ2n) is 4.76. The summed E-state index contributed by atoms with van der Waals surface area (Å²) in [6.07, 6.45) is -9.83. The minimum atomic E-state index is -4.91. The molecule has 0 fully saturated rings. The highest BCUT2D eigenvalue weighted by Crippen LogP contribution is 2.38. The van der Waals surface area contributed by atoms with Gasteiger partial charge in [0.1, 0.15) is 4.32 Å². The van der Waals surface area contributed by atoms with Gasteiger partial charge in [-0.25, -0.2) is 0 Å². The van der Waals surface area contributed by atoms with E-state index < -0.39 is 29.2 Å². The normalized spacial score (nSPS) is 12.1. The Balaban J connectivity index is 2.25. The molecule has 0 radical (unpaired) electrons. The van der Waals surface area contributed by atoms with Crippen LogP contribution >= 0.6 is 35.6 Å². The third-order valence-corrected chi connectivity index (χ3v) is 4.26. The monoisotopic (exact) mass is 415 g/mol. The highest BCUT2D eigenvalue weighted by molar-refractivity contribution is 8.23. The van der Waals surface area contributed by atoms with Gasteiger partial charge in [-0.05, 0) is 42.5 Å². The van der Waals surface area contributed by atoms with E-state index in [-0.39, 0.29) is 10.4 Å². The van der Waals surface area contributed by atoms with Crippen molar-refractivity contribution >= 4 is 45.6 Å². The summed E-state index contributed by atoms with van der Waals surface area (Å²) in [4.78, 5) is 0.630. The number of anilines is 1. The molecule has 1 N–H and O–H groups in total. The first kappa shape index (κ1) is 19.9. The van der Waals surface area contributed by atoms with Crippen LogP contribution in [0, 0.1) is 0 Å². The molecule has 2 aromatic carbocycles. The van der Waals surface area contributed by atoms with Crippen LogP contribution in [0.2, 0.25) is 5.02 Å². The first-order valence-corrected chi connectivity index (χ1v) is 8.09. The summed E-state index contributed by atoms with van der Waals surface area (Å²) in [6.45, 7) is 0. The zero-order valence-corrected chi connectivity index (χ0v) is 14.4. The maximum atomic E-state index is 12.8. The third-order valence-electron chi connectivity index (χ3n) is 2.86. The Morgan fingerprint density at radius 1 is 0.880 bits per heavy atom. The molecular weight excluding hydrogens is 408 g/mol. The van der Waals surface area contributed by atoms with Gasteiger partial charge in [0, 0.05) is 15.6 Å². The average molecular weight is 416 g/mol. The summed E-state index contributed by atoms with van der Waals surface area (Å²) in [5.41, 5.74) is -3.22. The second kappa shape index (κ2) is 7.43. The van der Waals surface area contributed by atoms with Gasteiger partial charge in [0.2, 0.25) is 0 Å². The van der Waals surface area contributed by atoms with Crippen molar-refractivity contribution in [1.29, 1.82) is 0 Å². The van der Waals surface area contributed by atoms with Crippen molar-refractivity contribution in [1.82, 2.24) is 0 Å². The van der Waals surface area contributed by atoms with Gasteiger partial charge < -0.3 is 5.32 Å². The standard InChI is InChI=1S/C15H8ClF6NS2/c16-10-1-3-12(4-2-10)25-13(24)23-11-6-8(14(17,18)19)5-9(7-11)15(20,21)22/h1-7H,(H,23,24). The molecule has 0 saturated carbocycles. The van der Waals surface area contributed by atoms with Crippen molar-refractivity contribution in [3.8, 4) is 0 Å². The van der Waals surface area contributed by atoms with E-state index in [2.05, 4.69) is 5.32 Å². The molecule has 0 spiro atoms. The number of hydrogen-bond acceptors (Lipinski definition) is 2. The lowest BCUT2D eigenvalue weighted by molar-refractivity contribution is -0.143. The minimum absolute atomic E-state index is 0.00484. The molecule has 0 atom stereocenters. The molecule has 0 heterocycles. The molecule has 0 aliphatic rings. The summed E-state index contributed by atoms with van der Waals surface area (Å²) in [6, 6.07) is 7.61. The molecule has 0 bridgehead atoms. The van der Waals surface area contributed by atoms with Gasteiger partial charge in [0.05, 0.1) is 11.1 Å². The predicted octanol–water partition coefficient (Wildman–Crippen LogP) is 6.87. The Kier molecular flexibility index (Phi) is 5.90. The molecule has 0 saturated heterocycles. The molecular formula is C15H8ClF6NS2. The van der Waals surface area contributed by atoms with Crippen LogP contribution in [0.25, 0.3) is 0 Å². The van der Waals surface area contributed by atoms with Crippen molar-refractivity contribution in [2.75, 3.05) is 5.32 Å². The largest absolute Gasteiger partial charge is 0.416 e. The van der Waals surface area contributed by atoms with Gasteiger partial charge in [0.25, 0.3) is 0 Å². The molecule has 0 aliphatic carbocycles. The lowest BCUT2D eigenvalue weighted by Gasteiger charge is -2.15. The van der Waals surface area contributed by atoms with Crippen LogP contribution in [0.5, 0.6) is 0 Å². The maximum Gasteiger partial charge on any atom is 0.416 e. The maximum absolute atomic E-state index is 12.8. The highest BCUT2D eigenvalue weighted by atomic mass is 35.5. The smallest absolute Gasteiger partial charge is 0.341 e. The number of rotatable bonds is 2. The van der Waals surface area contributed by atoms with Crippen LogP contribution < -0.4 is 5.32 Å². The fraction of sp³-hybridized carbons (Fsp3) is 0.133. The summed E-state index contributed by atoms with van der Waals surface area (Å²) in [5.74, 6) is 0. The lowest BCUT2D eigenvalue weighted by Crippen LogP contribution is -2.13. The Hall–Kier alpha value is -1.45. The fourth-order valence-electron chi connectivity index (χ4n) is 1.78. The van der Waals surface area contributed by atoms with Crippen LogP contribution in [0.1, 0.15) is 11.1 Å². The topological polar surface area (TPSA) is 12.0 Å². The summed E-state index contributed by atoms with van der Waals surface area (Å²) < 4.78 is 76.9. The first-order chi connectivity index (χ1) is 11.4. The van der Waals surface area contributed by atoms with E-state index in [1.807, 2.05) is 0 Å². The van der Waals surface area contributed by atoms with Crippen LogP contribution in [0.15, 0.2) is 47.4 Å². The SMILES string of the molecule is FC(F)(F)c1cc(NC(=S)Sc2ccc(Cl)cc2)cc(C(F)(F)F)c1. The molecule has 0 aromatic heterocycles. The zero-order valence-electron chi connectivity index (χ0n) is 12.0. The van der Waals surface area contributed by atoms with E-state index >= 15 is 0 Å². The molecule has 10 heteroatoms. The molecule has 2 rings (SSSR count). The summed E-state index contributed by atoms with van der Waals surface area (Å²) in [7, 11) is 0. The van der Waals surface area contributed by atoms with Crippen LogP contribution in [-0.2, 0) is 12.4 Å². The van der Waals surface area contributed by atoms with E-state index in [1.165, 1.54) is 0 Å².